The van der Waals surface area contributed by atoms with Crippen molar-refractivity contribution >= 4 is 5.69 Å². The van der Waals surface area contributed by atoms with Crippen LogP contribution in [-0.4, -0.2) is 40.4 Å². The Morgan fingerprint density at radius 1 is 1.40 bits per heavy atom. The van der Waals surface area contributed by atoms with Gasteiger partial charge in [-0.05, 0) is 40.5 Å². The van der Waals surface area contributed by atoms with Gasteiger partial charge in [0.15, 0.2) is 0 Å². The van der Waals surface area contributed by atoms with Crippen LogP contribution in [0, 0.1) is 0 Å². The van der Waals surface area contributed by atoms with E-state index in [1.165, 1.54) is 31.5 Å². The average Bonchev–Trinajstić information content (AvgIpc) is 2.86. The minimum Gasteiger partial charge on any atom is -0.380 e. The van der Waals surface area contributed by atoms with Crippen LogP contribution in [0.4, 0.5) is 5.69 Å². The van der Waals surface area contributed by atoms with Gasteiger partial charge in [0.2, 0.25) is 0 Å². The van der Waals surface area contributed by atoms with Gasteiger partial charge < -0.3 is 5.32 Å². The Morgan fingerprint density at radius 2 is 2.10 bits per heavy atom. The molecule has 1 aliphatic rings. The molecule has 0 amide bonds. The molecule has 0 aromatic carbocycles. The molecule has 1 aliphatic heterocycles. The molecule has 2 heterocycles. The van der Waals surface area contributed by atoms with Crippen LogP contribution < -0.4 is 5.32 Å². The number of allylic oxidation sites excluding steroid dienone is 1. The zero-order chi connectivity index (χ0) is 14.5. The van der Waals surface area contributed by atoms with Crippen LogP contribution in [0.2, 0.25) is 0 Å². The van der Waals surface area contributed by atoms with Crippen LogP contribution in [0.1, 0.15) is 46.6 Å². The number of likely N-dealkylation sites (tertiary alicyclic amines) is 1. The lowest BCUT2D eigenvalue weighted by atomic mass is 10.0. The van der Waals surface area contributed by atoms with E-state index in [-0.39, 0.29) is 0 Å². The Morgan fingerprint density at radius 3 is 2.65 bits per heavy atom. The van der Waals surface area contributed by atoms with E-state index >= 15 is 0 Å². The molecule has 1 saturated heterocycles. The lowest BCUT2D eigenvalue weighted by Gasteiger charge is -2.31. The van der Waals surface area contributed by atoms with Crippen LogP contribution in [0.25, 0.3) is 0 Å². The van der Waals surface area contributed by atoms with E-state index in [0.717, 1.165) is 12.2 Å². The van der Waals surface area contributed by atoms with E-state index in [1.54, 1.807) is 0 Å². The molecule has 20 heavy (non-hydrogen) atoms. The highest BCUT2D eigenvalue weighted by atomic mass is 15.3. The topological polar surface area (TPSA) is 33.1 Å². The number of nitrogens with one attached hydrogen (secondary N) is 1. The third-order valence-electron chi connectivity index (χ3n) is 3.85. The summed E-state index contributed by atoms with van der Waals surface area (Å²) in [7, 11) is 0. The second-order valence-electron chi connectivity index (χ2n) is 6.30. The summed E-state index contributed by atoms with van der Waals surface area (Å²) >= 11 is 0. The van der Waals surface area contributed by atoms with Gasteiger partial charge in [-0.15, -0.1) is 0 Å². The normalized spacial score (nSPS) is 17.4. The second-order valence-corrected chi connectivity index (χ2v) is 6.30. The SMILES string of the molecule is CC(C)=CCN1CCC(Nc2cnn(C(C)C)c2)CC1. The molecule has 112 valence electrons. The smallest absolute Gasteiger partial charge is 0.0728 e. The fraction of sp³-hybridized carbons (Fsp3) is 0.688. The summed E-state index contributed by atoms with van der Waals surface area (Å²) in [6.45, 7) is 12.1. The lowest BCUT2D eigenvalue weighted by Crippen LogP contribution is -2.39. The Kier molecular flexibility index (Phi) is 5.24. The van der Waals surface area contributed by atoms with Crippen molar-refractivity contribution in [2.24, 2.45) is 0 Å². The molecule has 0 saturated carbocycles. The summed E-state index contributed by atoms with van der Waals surface area (Å²) in [6, 6.07) is 1.01. The summed E-state index contributed by atoms with van der Waals surface area (Å²) in [6.07, 6.45) is 8.79. The van der Waals surface area contributed by atoms with Gasteiger partial charge in [-0.25, -0.2) is 0 Å². The number of piperidine rings is 1. The number of hydrogen-bond donors (Lipinski definition) is 1. The van der Waals surface area contributed by atoms with Crippen molar-refractivity contribution in [3.8, 4) is 0 Å². The molecule has 1 N–H and O–H groups in total. The van der Waals surface area contributed by atoms with Crippen molar-refractivity contribution in [2.45, 2.75) is 52.6 Å². The van der Waals surface area contributed by atoms with Crippen LogP contribution in [0.15, 0.2) is 24.0 Å². The Balaban J connectivity index is 1.77. The van der Waals surface area contributed by atoms with E-state index in [2.05, 4.69) is 55.3 Å². The van der Waals surface area contributed by atoms with Crippen LogP contribution in [-0.2, 0) is 0 Å². The predicted octanol–water partition coefficient (Wildman–Crippen LogP) is 3.31. The van der Waals surface area contributed by atoms with E-state index < -0.39 is 0 Å². The minimum atomic E-state index is 0.427. The molecule has 1 fully saturated rings. The molecular weight excluding hydrogens is 248 g/mol. The molecule has 0 atom stereocenters. The van der Waals surface area contributed by atoms with Crippen LogP contribution in [0.5, 0.6) is 0 Å². The number of nitrogens with zero attached hydrogens (tertiary/aromatic N) is 3. The van der Waals surface area contributed by atoms with Crippen molar-refractivity contribution < 1.29 is 0 Å². The highest BCUT2D eigenvalue weighted by molar-refractivity contribution is 5.39. The summed E-state index contributed by atoms with van der Waals surface area (Å²) in [5.74, 6) is 0. The average molecular weight is 276 g/mol. The molecule has 0 unspecified atom stereocenters. The molecule has 0 spiro atoms. The van der Waals surface area contributed by atoms with Crippen molar-refractivity contribution in [1.82, 2.24) is 14.7 Å². The third kappa shape index (κ3) is 4.37. The summed E-state index contributed by atoms with van der Waals surface area (Å²) < 4.78 is 2.01. The highest BCUT2D eigenvalue weighted by Crippen LogP contribution is 2.17. The zero-order valence-corrected chi connectivity index (χ0v) is 13.3. The Bertz CT molecular complexity index is 435. The molecule has 0 bridgehead atoms. The van der Waals surface area contributed by atoms with E-state index in [0.29, 0.717) is 12.1 Å². The Labute approximate surface area is 122 Å². The molecule has 1 aromatic heterocycles. The van der Waals surface area contributed by atoms with Gasteiger partial charge in [-0.3, -0.25) is 9.58 Å². The summed E-state index contributed by atoms with van der Waals surface area (Å²) in [4.78, 5) is 2.53. The fourth-order valence-corrected chi connectivity index (χ4v) is 2.50. The number of hydrogen-bond acceptors (Lipinski definition) is 3. The van der Waals surface area contributed by atoms with Gasteiger partial charge in [-0.1, -0.05) is 11.6 Å². The maximum absolute atomic E-state index is 4.38. The molecule has 4 heteroatoms. The maximum atomic E-state index is 4.38. The molecule has 4 nitrogen and oxygen atoms in total. The molecule has 2 rings (SSSR count). The maximum Gasteiger partial charge on any atom is 0.0728 e. The van der Waals surface area contributed by atoms with E-state index in [9.17, 15) is 0 Å². The van der Waals surface area contributed by atoms with E-state index in [4.69, 9.17) is 0 Å². The first-order chi connectivity index (χ1) is 9.54. The minimum absolute atomic E-state index is 0.427. The molecule has 0 aliphatic carbocycles. The third-order valence-corrected chi connectivity index (χ3v) is 3.85. The van der Waals surface area contributed by atoms with Crippen molar-refractivity contribution in [3.63, 3.8) is 0 Å². The quantitative estimate of drug-likeness (QED) is 0.838. The monoisotopic (exact) mass is 276 g/mol. The van der Waals surface area contributed by atoms with Crippen molar-refractivity contribution in [1.29, 1.82) is 0 Å². The standard InChI is InChI=1S/C16H28N4/c1-13(2)5-8-19-9-6-15(7-10-19)18-16-11-17-20(12-16)14(3)4/h5,11-12,14-15,18H,6-10H2,1-4H3. The summed E-state index contributed by atoms with van der Waals surface area (Å²) in [5, 5.41) is 8.00. The first-order valence-corrected chi connectivity index (χ1v) is 7.71. The van der Waals surface area contributed by atoms with Crippen molar-refractivity contribution in [2.75, 3.05) is 25.0 Å². The lowest BCUT2D eigenvalue weighted by molar-refractivity contribution is 0.240. The molecule has 1 aromatic rings. The van der Waals surface area contributed by atoms with Gasteiger partial charge >= 0.3 is 0 Å². The molecule has 0 radical (unpaired) electrons. The number of rotatable bonds is 5. The van der Waals surface area contributed by atoms with Gasteiger partial charge in [0.25, 0.3) is 0 Å². The largest absolute Gasteiger partial charge is 0.380 e. The second kappa shape index (κ2) is 6.93. The number of aromatic nitrogens is 2. The van der Waals surface area contributed by atoms with Crippen LogP contribution in [0.3, 0.4) is 0 Å². The summed E-state index contributed by atoms with van der Waals surface area (Å²) in [5.41, 5.74) is 2.56. The first kappa shape index (κ1) is 15.1. The fourth-order valence-electron chi connectivity index (χ4n) is 2.50. The Hall–Kier alpha value is -1.29. The van der Waals surface area contributed by atoms with Gasteiger partial charge in [0.05, 0.1) is 11.9 Å². The van der Waals surface area contributed by atoms with Crippen LogP contribution >= 0.6 is 0 Å². The van der Waals surface area contributed by atoms with Gasteiger partial charge in [-0.2, -0.15) is 5.10 Å². The van der Waals surface area contributed by atoms with Gasteiger partial charge in [0.1, 0.15) is 0 Å². The zero-order valence-electron chi connectivity index (χ0n) is 13.3. The van der Waals surface area contributed by atoms with Gasteiger partial charge in [0, 0.05) is 37.9 Å². The predicted molar refractivity (Wildman–Crippen MR) is 85.1 cm³/mol. The number of anilines is 1. The molecular formula is C16H28N4. The first-order valence-electron chi connectivity index (χ1n) is 7.71. The van der Waals surface area contributed by atoms with E-state index in [1.807, 2.05) is 10.9 Å². The highest BCUT2D eigenvalue weighted by Gasteiger charge is 2.18. The van der Waals surface area contributed by atoms with Crippen molar-refractivity contribution in [3.05, 3.63) is 24.0 Å².